The average molecular weight is 369 g/mol. The van der Waals surface area contributed by atoms with Gasteiger partial charge in [-0.25, -0.2) is 0 Å². The highest BCUT2D eigenvalue weighted by Crippen LogP contribution is 2.36. The van der Waals surface area contributed by atoms with E-state index in [4.69, 9.17) is 0 Å². The molecule has 3 heteroatoms. The second-order valence-electron chi connectivity index (χ2n) is 6.27. The summed E-state index contributed by atoms with van der Waals surface area (Å²) in [4.78, 5) is 15.7. The summed E-state index contributed by atoms with van der Waals surface area (Å²) >= 11 is 1.54. The van der Waals surface area contributed by atoms with Gasteiger partial charge in [-0.2, -0.15) is 0 Å². The van der Waals surface area contributed by atoms with Gasteiger partial charge in [-0.15, -0.1) is 11.3 Å². The van der Waals surface area contributed by atoms with Gasteiger partial charge < -0.3 is 4.90 Å². The Hall–Kier alpha value is -3.17. The number of hydrogen-bond donors (Lipinski definition) is 0. The summed E-state index contributed by atoms with van der Waals surface area (Å²) in [7, 11) is 0. The number of Topliss-reactive ketones (excluding diaryl/α,β-unsaturated/α-hetero) is 1. The highest BCUT2D eigenvalue weighted by molar-refractivity contribution is 7.17. The van der Waals surface area contributed by atoms with Gasteiger partial charge in [-0.1, -0.05) is 48.5 Å². The lowest BCUT2D eigenvalue weighted by Crippen LogP contribution is -2.09. The maximum Gasteiger partial charge on any atom is 0.169 e. The Kier molecular flexibility index (Phi) is 4.86. The van der Waals surface area contributed by atoms with Crippen LogP contribution in [0.3, 0.4) is 0 Å². The van der Waals surface area contributed by atoms with E-state index in [0.717, 1.165) is 32.4 Å². The Bertz CT molecular complexity index is 997. The lowest BCUT2D eigenvalue weighted by molar-refractivity contribution is 0.102. The SMILES string of the molecule is CC(=O)c1ccc(-c2ccc(N(c3ccccc3)c3ccccc3)cc2)s1. The maximum absolute atomic E-state index is 11.6. The van der Waals surface area contributed by atoms with Crippen LogP contribution in [-0.4, -0.2) is 5.78 Å². The first-order valence-electron chi connectivity index (χ1n) is 8.84. The van der Waals surface area contributed by atoms with E-state index in [2.05, 4.69) is 77.7 Å². The van der Waals surface area contributed by atoms with Crippen LogP contribution in [0.2, 0.25) is 0 Å². The van der Waals surface area contributed by atoms with Gasteiger partial charge in [-0.05, 0) is 61.0 Å². The van der Waals surface area contributed by atoms with E-state index in [1.807, 2.05) is 24.3 Å². The fourth-order valence-electron chi connectivity index (χ4n) is 3.06. The quantitative estimate of drug-likeness (QED) is 0.350. The van der Waals surface area contributed by atoms with Crippen LogP contribution >= 0.6 is 11.3 Å². The van der Waals surface area contributed by atoms with E-state index in [0.29, 0.717) is 0 Å². The molecule has 4 rings (SSSR count). The van der Waals surface area contributed by atoms with Crippen LogP contribution in [0.25, 0.3) is 10.4 Å². The van der Waals surface area contributed by atoms with E-state index in [-0.39, 0.29) is 5.78 Å². The van der Waals surface area contributed by atoms with Gasteiger partial charge in [0.05, 0.1) is 4.88 Å². The van der Waals surface area contributed by atoms with Gasteiger partial charge in [0.1, 0.15) is 0 Å². The topological polar surface area (TPSA) is 20.3 Å². The number of nitrogens with zero attached hydrogens (tertiary/aromatic N) is 1. The molecule has 2 nitrogen and oxygen atoms in total. The highest BCUT2D eigenvalue weighted by atomic mass is 32.1. The molecular formula is C24H19NOS. The Labute approximate surface area is 163 Å². The second kappa shape index (κ2) is 7.60. The zero-order valence-electron chi connectivity index (χ0n) is 15.0. The number of para-hydroxylation sites is 2. The first kappa shape index (κ1) is 17.3. The molecule has 132 valence electrons. The van der Waals surface area contributed by atoms with Gasteiger partial charge in [-0.3, -0.25) is 4.79 Å². The molecule has 27 heavy (non-hydrogen) atoms. The fraction of sp³-hybridized carbons (Fsp3) is 0.0417. The van der Waals surface area contributed by atoms with E-state index in [1.165, 1.54) is 11.3 Å². The summed E-state index contributed by atoms with van der Waals surface area (Å²) in [6.45, 7) is 1.61. The largest absolute Gasteiger partial charge is 0.311 e. The Morgan fingerprint density at radius 1 is 0.667 bits per heavy atom. The predicted octanol–water partition coefficient (Wildman–Crippen LogP) is 7.09. The second-order valence-corrected chi connectivity index (χ2v) is 7.36. The molecule has 0 N–H and O–H groups in total. The molecule has 0 atom stereocenters. The molecule has 0 aliphatic carbocycles. The van der Waals surface area contributed by atoms with Crippen molar-refractivity contribution in [3.05, 3.63) is 102 Å². The minimum atomic E-state index is 0.113. The van der Waals surface area contributed by atoms with Crippen molar-refractivity contribution < 1.29 is 4.79 Å². The van der Waals surface area contributed by atoms with E-state index in [9.17, 15) is 4.79 Å². The number of benzene rings is 3. The van der Waals surface area contributed by atoms with Crippen LogP contribution < -0.4 is 4.90 Å². The molecule has 0 saturated heterocycles. The Morgan fingerprint density at radius 2 is 1.19 bits per heavy atom. The molecule has 0 bridgehead atoms. The zero-order valence-corrected chi connectivity index (χ0v) is 15.8. The number of ketones is 1. The molecule has 4 aromatic rings. The number of carbonyl (C=O) groups excluding carboxylic acids is 1. The number of hydrogen-bond acceptors (Lipinski definition) is 3. The lowest BCUT2D eigenvalue weighted by Gasteiger charge is -2.25. The van der Waals surface area contributed by atoms with Crippen LogP contribution in [0, 0.1) is 0 Å². The summed E-state index contributed by atoms with van der Waals surface area (Å²) < 4.78 is 0. The molecule has 0 radical (unpaired) electrons. The predicted molar refractivity (Wildman–Crippen MR) is 114 cm³/mol. The van der Waals surface area contributed by atoms with Crippen LogP contribution in [0.5, 0.6) is 0 Å². The molecule has 0 amide bonds. The van der Waals surface area contributed by atoms with Crippen LogP contribution in [-0.2, 0) is 0 Å². The van der Waals surface area contributed by atoms with Crippen molar-refractivity contribution in [2.24, 2.45) is 0 Å². The molecule has 0 aliphatic heterocycles. The summed E-state index contributed by atoms with van der Waals surface area (Å²) in [5.74, 6) is 0.113. The van der Waals surface area contributed by atoms with Crippen molar-refractivity contribution in [3.8, 4) is 10.4 Å². The van der Waals surface area contributed by atoms with Gasteiger partial charge in [0.25, 0.3) is 0 Å². The van der Waals surface area contributed by atoms with E-state index < -0.39 is 0 Å². The van der Waals surface area contributed by atoms with Crippen LogP contribution in [0.15, 0.2) is 97.1 Å². The van der Waals surface area contributed by atoms with Gasteiger partial charge >= 0.3 is 0 Å². The minimum Gasteiger partial charge on any atom is -0.311 e. The first-order valence-corrected chi connectivity index (χ1v) is 9.65. The standard InChI is InChI=1S/C24H19NOS/c1-18(26)23-16-17-24(27-23)19-12-14-22(15-13-19)25(20-8-4-2-5-9-20)21-10-6-3-7-11-21/h2-17H,1H3. The third-order valence-corrected chi connectivity index (χ3v) is 5.63. The third-order valence-electron chi connectivity index (χ3n) is 4.39. The van der Waals surface area contributed by atoms with Crippen LogP contribution in [0.1, 0.15) is 16.6 Å². The molecule has 1 heterocycles. The van der Waals surface area contributed by atoms with Crippen molar-refractivity contribution in [2.75, 3.05) is 4.90 Å². The number of thiophene rings is 1. The molecule has 0 aliphatic rings. The molecule has 0 unspecified atom stereocenters. The first-order chi connectivity index (χ1) is 13.2. The molecule has 0 saturated carbocycles. The van der Waals surface area contributed by atoms with Crippen molar-refractivity contribution in [1.29, 1.82) is 0 Å². The summed E-state index contributed by atoms with van der Waals surface area (Å²) in [6, 6.07) is 33.1. The zero-order chi connectivity index (χ0) is 18.6. The number of carbonyl (C=O) groups is 1. The average Bonchev–Trinajstić information content (AvgIpc) is 3.21. The fourth-order valence-corrected chi connectivity index (χ4v) is 3.97. The highest BCUT2D eigenvalue weighted by Gasteiger charge is 2.12. The van der Waals surface area contributed by atoms with E-state index >= 15 is 0 Å². The summed E-state index contributed by atoms with van der Waals surface area (Å²) in [5, 5.41) is 0. The normalized spacial score (nSPS) is 10.6. The number of rotatable bonds is 5. The van der Waals surface area contributed by atoms with Gasteiger partial charge in [0.15, 0.2) is 5.78 Å². The van der Waals surface area contributed by atoms with Crippen molar-refractivity contribution in [2.45, 2.75) is 6.92 Å². The molecule has 3 aromatic carbocycles. The van der Waals surface area contributed by atoms with Crippen molar-refractivity contribution in [1.82, 2.24) is 0 Å². The minimum absolute atomic E-state index is 0.113. The van der Waals surface area contributed by atoms with Gasteiger partial charge in [0.2, 0.25) is 0 Å². The molecule has 0 spiro atoms. The molecule has 0 fully saturated rings. The summed E-state index contributed by atoms with van der Waals surface area (Å²) in [6.07, 6.45) is 0. The van der Waals surface area contributed by atoms with Crippen molar-refractivity contribution >= 4 is 34.2 Å². The smallest absolute Gasteiger partial charge is 0.169 e. The molecule has 1 aromatic heterocycles. The monoisotopic (exact) mass is 369 g/mol. The van der Waals surface area contributed by atoms with E-state index in [1.54, 1.807) is 6.92 Å². The maximum atomic E-state index is 11.6. The summed E-state index contributed by atoms with van der Waals surface area (Å²) in [5.41, 5.74) is 4.45. The Balaban J connectivity index is 1.72. The lowest BCUT2D eigenvalue weighted by atomic mass is 10.1. The Morgan fingerprint density at radius 3 is 1.67 bits per heavy atom. The van der Waals surface area contributed by atoms with Gasteiger partial charge in [0, 0.05) is 21.9 Å². The number of anilines is 3. The molecular weight excluding hydrogens is 350 g/mol. The van der Waals surface area contributed by atoms with Crippen LogP contribution in [0.4, 0.5) is 17.1 Å². The van der Waals surface area contributed by atoms with Crippen molar-refractivity contribution in [3.63, 3.8) is 0 Å². The third kappa shape index (κ3) is 3.69.